The minimum Gasteiger partial charge on any atom is -0.443 e. The Labute approximate surface area is 257 Å². The molecule has 2 atom stereocenters. The zero-order valence-corrected chi connectivity index (χ0v) is 25.5. The fourth-order valence-electron chi connectivity index (χ4n) is 5.13. The first-order chi connectivity index (χ1) is 21.3. The van der Waals surface area contributed by atoms with Crippen molar-refractivity contribution in [2.24, 2.45) is 0 Å². The first-order valence-corrected chi connectivity index (χ1v) is 15.2. The van der Waals surface area contributed by atoms with Crippen LogP contribution in [0.25, 0.3) is 11.6 Å². The Balaban J connectivity index is 1.59. The molecule has 0 fully saturated rings. The molecule has 2 aromatic carbocycles. The summed E-state index contributed by atoms with van der Waals surface area (Å²) in [7, 11) is 0. The molecule has 0 saturated heterocycles. The van der Waals surface area contributed by atoms with Crippen LogP contribution in [0.5, 0.6) is 0 Å². The van der Waals surface area contributed by atoms with E-state index < -0.39 is 29.7 Å². The van der Waals surface area contributed by atoms with Gasteiger partial charge in [-0.05, 0) is 66.6 Å². The molecule has 2 heterocycles. The quantitative estimate of drug-likeness (QED) is 0.151. The van der Waals surface area contributed by atoms with Crippen LogP contribution in [0.4, 0.5) is 14.6 Å². The van der Waals surface area contributed by atoms with E-state index in [1.807, 2.05) is 12.1 Å². The van der Waals surface area contributed by atoms with Crippen LogP contribution < -0.4 is 15.5 Å². The van der Waals surface area contributed by atoms with E-state index in [2.05, 4.69) is 53.4 Å². The Morgan fingerprint density at radius 2 is 1.70 bits per heavy atom. The molecular formula is C34H41F2N5O3. The van der Waals surface area contributed by atoms with Gasteiger partial charge < -0.3 is 25.1 Å². The number of amides is 1. The Kier molecular flexibility index (Phi) is 12.0. The number of oxazole rings is 1. The first kappa shape index (κ1) is 32.8. The molecule has 4 aromatic rings. The average Bonchev–Trinajstić information content (AvgIpc) is 3.55. The van der Waals surface area contributed by atoms with Crippen LogP contribution in [-0.4, -0.2) is 52.8 Å². The second-order valence-corrected chi connectivity index (χ2v) is 10.9. The maximum absolute atomic E-state index is 14.1. The molecule has 2 aromatic heterocycles. The third-order valence-corrected chi connectivity index (χ3v) is 7.28. The number of aromatic nitrogens is 2. The molecule has 44 heavy (non-hydrogen) atoms. The van der Waals surface area contributed by atoms with Gasteiger partial charge in [-0.25, -0.2) is 18.7 Å². The zero-order valence-electron chi connectivity index (χ0n) is 25.5. The maximum Gasteiger partial charge on any atom is 0.251 e. The fraction of sp³-hybridized carbons (Fsp3) is 0.382. The Morgan fingerprint density at radius 1 is 0.977 bits per heavy atom. The summed E-state index contributed by atoms with van der Waals surface area (Å²) in [6.07, 6.45) is 4.59. The number of anilines is 1. The highest BCUT2D eigenvalue weighted by molar-refractivity contribution is 5.96. The average molecular weight is 606 g/mol. The lowest BCUT2D eigenvalue weighted by Crippen LogP contribution is -2.48. The summed E-state index contributed by atoms with van der Waals surface area (Å²) in [4.78, 5) is 24.8. The molecular weight excluding hydrogens is 564 g/mol. The van der Waals surface area contributed by atoms with E-state index in [-0.39, 0.29) is 18.9 Å². The number of benzene rings is 2. The van der Waals surface area contributed by atoms with Crippen molar-refractivity contribution in [2.45, 2.75) is 65.1 Å². The minimum atomic E-state index is -1.07. The SMILES string of the molecule is CCCN(CCC)c1cc(C(=O)NC(Cc2cc(F)cc(F)c2)C(O)CNCc2cccc(CC)c2)cc(-c2ncco2)n1. The van der Waals surface area contributed by atoms with Crippen LogP contribution in [0.15, 0.2) is 71.5 Å². The predicted molar refractivity (Wildman–Crippen MR) is 167 cm³/mol. The van der Waals surface area contributed by atoms with Crippen molar-refractivity contribution in [3.63, 3.8) is 0 Å². The van der Waals surface area contributed by atoms with Crippen molar-refractivity contribution < 1.29 is 23.1 Å². The Morgan fingerprint density at radius 3 is 2.36 bits per heavy atom. The molecule has 0 aliphatic heterocycles. The summed E-state index contributed by atoms with van der Waals surface area (Å²) in [5, 5.41) is 17.4. The smallest absolute Gasteiger partial charge is 0.251 e. The summed E-state index contributed by atoms with van der Waals surface area (Å²) in [6.45, 7) is 8.38. The van der Waals surface area contributed by atoms with Gasteiger partial charge in [-0.15, -0.1) is 0 Å². The molecule has 3 N–H and O–H groups in total. The molecule has 0 spiro atoms. The zero-order chi connectivity index (χ0) is 31.5. The normalized spacial score (nSPS) is 12.6. The van der Waals surface area contributed by atoms with Gasteiger partial charge in [0, 0.05) is 37.8 Å². The number of aliphatic hydroxyl groups excluding tert-OH is 1. The van der Waals surface area contributed by atoms with Crippen molar-refractivity contribution in [2.75, 3.05) is 24.5 Å². The van der Waals surface area contributed by atoms with Gasteiger partial charge in [0.15, 0.2) is 0 Å². The van der Waals surface area contributed by atoms with E-state index in [1.165, 1.54) is 30.2 Å². The molecule has 0 bridgehead atoms. The Bertz CT molecular complexity index is 1470. The number of pyridine rings is 1. The van der Waals surface area contributed by atoms with Crippen molar-refractivity contribution in [1.29, 1.82) is 0 Å². The Hall–Kier alpha value is -4.15. The molecule has 0 aliphatic rings. The monoisotopic (exact) mass is 605 g/mol. The number of carbonyl (C=O) groups excluding carboxylic acids is 1. The van der Waals surface area contributed by atoms with Crippen molar-refractivity contribution in [3.05, 3.63) is 101 Å². The number of aryl methyl sites for hydroxylation is 1. The number of rotatable bonds is 16. The van der Waals surface area contributed by atoms with Gasteiger partial charge in [0.2, 0.25) is 5.89 Å². The van der Waals surface area contributed by atoms with Gasteiger partial charge >= 0.3 is 0 Å². The second-order valence-electron chi connectivity index (χ2n) is 10.9. The number of carbonyl (C=O) groups is 1. The number of nitrogens with zero attached hydrogens (tertiary/aromatic N) is 3. The number of hydrogen-bond acceptors (Lipinski definition) is 7. The number of halogens is 2. The molecule has 4 rings (SSSR count). The highest BCUT2D eigenvalue weighted by Gasteiger charge is 2.25. The number of aliphatic hydroxyl groups is 1. The maximum atomic E-state index is 14.1. The largest absolute Gasteiger partial charge is 0.443 e. The van der Waals surface area contributed by atoms with E-state index in [0.29, 0.717) is 29.2 Å². The van der Waals surface area contributed by atoms with Crippen LogP contribution in [-0.2, 0) is 19.4 Å². The predicted octanol–water partition coefficient (Wildman–Crippen LogP) is 5.70. The standard InChI is InChI=1S/C34H41F2N5O3/c1-4-11-41(12-5-2)32-19-26(18-30(39-32)34-38-10-13-44-34)33(43)40-29(17-25-15-27(35)20-28(36)16-25)31(42)22-37-21-24-9-7-8-23(6-3)14-24/h7-10,13-16,18-20,29,31,37,42H,4-6,11-12,17,21-22H2,1-3H3,(H,40,43). The second kappa shape index (κ2) is 16.1. The van der Waals surface area contributed by atoms with Crippen molar-refractivity contribution in [3.8, 4) is 11.6 Å². The summed E-state index contributed by atoms with van der Waals surface area (Å²) in [5.41, 5.74) is 3.29. The minimum absolute atomic E-state index is 0.0108. The lowest BCUT2D eigenvalue weighted by atomic mass is 10.00. The van der Waals surface area contributed by atoms with Gasteiger partial charge in [0.25, 0.3) is 5.91 Å². The lowest BCUT2D eigenvalue weighted by Gasteiger charge is -2.26. The fourth-order valence-corrected chi connectivity index (χ4v) is 5.13. The van der Waals surface area contributed by atoms with E-state index in [0.717, 1.165) is 44.0 Å². The van der Waals surface area contributed by atoms with Crippen molar-refractivity contribution >= 4 is 11.7 Å². The highest BCUT2D eigenvalue weighted by Crippen LogP contribution is 2.23. The van der Waals surface area contributed by atoms with Gasteiger partial charge in [0.05, 0.1) is 18.3 Å². The molecule has 0 aliphatic carbocycles. The van der Waals surface area contributed by atoms with E-state index in [4.69, 9.17) is 9.40 Å². The molecule has 2 unspecified atom stereocenters. The summed E-state index contributed by atoms with van der Waals surface area (Å²) >= 11 is 0. The molecule has 1 amide bonds. The molecule has 10 heteroatoms. The number of hydrogen-bond donors (Lipinski definition) is 3. The van der Waals surface area contributed by atoms with E-state index in [1.54, 1.807) is 12.1 Å². The lowest BCUT2D eigenvalue weighted by molar-refractivity contribution is 0.0830. The first-order valence-electron chi connectivity index (χ1n) is 15.2. The van der Waals surface area contributed by atoms with E-state index in [9.17, 15) is 18.7 Å². The van der Waals surface area contributed by atoms with Gasteiger partial charge in [0.1, 0.15) is 29.4 Å². The molecule has 8 nitrogen and oxygen atoms in total. The van der Waals surface area contributed by atoms with Gasteiger partial charge in [-0.2, -0.15) is 0 Å². The molecule has 0 radical (unpaired) electrons. The van der Waals surface area contributed by atoms with Crippen LogP contribution in [0, 0.1) is 11.6 Å². The third-order valence-electron chi connectivity index (χ3n) is 7.28. The van der Waals surface area contributed by atoms with Gasteiger partial charge in [-0.3, -0.25) is 4.79 Å². The van der Waals surface area contributed by atoms with Crippen LogP contribution in [0.3, 0.4) is 0 Å². The molecule has 0 saturated carbocycles. The van der Waals surface area contributed by atoms with Gasteiger partial charge in [-0.1, -0.05) is 45.0 Å². The summed E-state index contributed by atoms with van der Waals surface area (Å²) < 4.78 is 33.6. The van der Waals surface area contributed by atoms with E-state index >= 15 is 0 Å². The van der Waals surface area contributed by atoms with Crippen molar-refractivity contribution in [1.82, 2.24) is 20.6 Å². The van der Waals surface area contributed by atoms with Crippen LogP contribution in [0.2, 0.25) is 0 Å². The van der Waals surface area contributed by atoms with Crippen LogP contribution in [0.1, 0.15) is 60.7 Å². The van der Waals surface area contributed by atoms with Crippen LogP contribution >= 0.6 is 0 Å². The molecule has 234 valence electrons. The third kappa shape index (κ3) is 9.17. The number of nitrogens with one attached hydrogen (secondary N) is 2. The summed E-state index contributed by atoms with van der Waals surface area (Å²) in [5.74, 6) is -1.04. The highest BCUT2D eigenvalue weighted by atomic mass is 19.1. The summed E-state index contributed by atoms with van der Waals surface area (Å²) in [6, 6.07) is 13.8. The topological polar surface area (TPSA) is 104 Å².